The van der Waals surface area contributed by atoms with Crippen molar-refractivity contribution in [3.63, 3.8) is 0 Å². The van der Waals surface area contributed by atoms with Gasteiger partial charge in [0.25, 0.3) is 0 Å². The Kier molecular flexibility index (Phi) is 3.46. The van der Waals surface area contributed by atoms with Gasteiger partial charge in [-0.3, -0.25) is 4.90 Å². The first-order valence-corrected chi connectivity index (χ1v) is 3.83. The number of carbonyl (C=O) groups excluding carboxylic acids is 1. The van der Waals surface area contributed by atoms with Gasteiger partial charge in [-0.1, -0.05) is 0 Å². The van der Waals surface area contributed by atoms with E-state index in [0.717, 1.165) is 0 Å². The summed E-state index contributed by atoms with van der Waals surface area (Å²) >= 11 is 0. The van der Waals surface area contributed by atoms with E-state index >= 15 is 0 Å². The number of morpholine rings is 1. The van der Waals surface area contributed by atoms with Crippen molar-refractivity contribution in [2.24, 2.45) is 0 Å². The molecule has 0 aliphatic carbocycles. The molecule has 1 unspecified atom stereocenters. The zero-order valence-corrected chi connectivity index (χ0v) is 7.02. The van der Waals surface area contributed by atoms with Crippen molar-refractivity contribution in [1.82, 2.24) is 4.90 Å². The molecule has 1 saturated heterocycles. The average Bonchev–Trinajstić information content (AvgIpc) is 2.17. The van der Waals surface area contributed by atoms with Gasteiger partial charge in [-0.15, -0.1) is 0 Å². The van der Waals surface area contributed by atoms with E-state index in [1.54, 1.807) is 4.90 Å². The van der Waals surface area contributed by atoms with Crippen LogP contribution < -0.4 is 0 Å². The van der Waals surface area contributed by atoms with E-state index in [9.17, 15) is 9.90 Å². The molecule has 0 amide bonds. The number of carbonyl (C=O) groups is 1. The van der Waals surface area contributed by atoms with Crippen molar-refractivity contribution in [3.8, 4) is 0 Å². The molecule has 1 aliphatic heterocycles. The summed E-state index contributed by atoms with van der Waals surface area (Å²) in [6, 6.07) is 0. The van der Waals surface area contributed by atoms with Crippen LogP contribution in [0.15, 0.2) is 0 Å². The molecule has 70 valence electrons. The number of esters is 1. The Hall–Kier alpha value is -0.650. The summed E-state index contributed by atoms with van der Waals surface area (Å²) in [5.74, 6) is -0.614. The predicted octanol–water partition coefficient (Wildman–Crippen LogP) is -1.19. The van der Waals surface area contributed by atoms with E-state index in [0.29, 0.717) is 26.3 Å². The van der Waals surface area contributed by atoms with Crippen LogP contribution in [0.3, 0.4) is 0 Å². The number of hydrogen-bond acceptors (Lipinski definition) is 5. The zero-order valence-electron chi connectivity index (χ0n) is 7.02. The molecular formula is C7H13NO4. The van der Waals surface area contributed by atoms with Gasteiger partial charge in [0.2, 0.25) is 6.23 Å². The number of aliphatic hydroxyl groups excluding tert-OH is 1. The Morgan fingerprint density at radius 1 is 1.58 bits per heavy atom. The molecule has 0 bridgehead atoms. The molecule has 0 saturated carbocycles. The van der Waals surface area contributed by atoms with Crippen LogP contribution in [0.25, 0.3) is 0 Å². The maximum atomic E-state index is 10.9. The number of hydrogen-bond donors (Lipinski definition) is 1. The van der Waals surface area contributed by atoms with Crippen molar-refractivity contribution < 1.29 is 19.4 Å². The third-order valence-electron chi connectivity index (χ3n) is 1.80. The number of nitrogens with zero attached hydrogens (tertiary/aromatic N) is 1. The molecule has 0 spiro atoms. The summed E-state index contributed by atoms with van der Waals surface area (Å²) in [4.78, 5) is 12.5. The van der Waals surface area contributed by atoms with E-state index in [1.807, 2.05) is 0 Å². The smallest absolute Gasteiger partial charge is 0.350 e. The molecular weight excluding hydrogens is 162 g/mol. The van der Waals surface area contributed by atoms with Crippen molar-refractivity contribution in [2.75, 3.05) is 33.4 Å². The van der Waals surface area contributed by atoms with Crippen LogP contribution in [0, 0.1) is 0 Å². The minimum Gasteiger partial charge on any atom is -0.466 e. The Labute approximate surface area is 70.9 Å². The third-order valence-corrected chi connectivity index (χ3v) is 1.80. The number of methoxy groups -OCH3 is 1. The lowest BCUT2D eigenvalue weighted by Gasteiger charge is -2.29. The van der Waals surface area contributed by atoms with Gasteiger partial charge < -0.3 is 14.6 Å². The predicted molar refractivity (Wildman–Crippen MR) is 40.4 cm³/mol. The Morgan fingerprint density at radius 3 is 2.67 bits per heavy atom. The zero-order chi connectivity index (χ0) is 8.97. The highest BCUT2D eigenvalue weighted by molar-refractivity contribution is 5.73. The maximum absolute atomic E-state index is 10.9. The lowest BCUT2D eigenvalue weighted by Crippen LogP contribution is -2.47. The highest BCUT2D eigenvalue weighted by atomic mass is 16.5. The van der Waals surface area contributed by atoms with Crippen LogP contribution >= 0.6 is 0 Å². The van der Waals surface area contributed by atoms with E-state index in [2.05, 4.69) is 4.74 Å². The summed E-state index contributed by atoms with van der Waals surface area (Å²) in [6.45, 7) is 2.23. The molecule has 1 fully saturated rings. The van der Waals surface area contributed by atoms with Gasteiger partial charge in [0.1, 0.15) is 0 Å². The first-order valence-electron chi connectivity index (χ1n) is 3.83. The Bertz CT molecular complexity index is 155. The van der Waals surface area contributed by atoms with Gasteiger partial charge in [0, 0.05) is 13.1 Å². The van der Waals surface area contributed by atoms with Gasteiger partial charge in [-0.05, 0) is 0 Å². The summed E-state index contributed by atoms with van der Waals surface area (Å²) in [6.07, 6.45) is -1.14. The van der Waals surface area contributed by atoms with Crippen LogP contribution in [0.1, 0.15) is 0 Å². The van der Waals surface area contributed by atoms with E-state index in [4.69, 9.17) is 4.74 Å². The fraction of sp³-hybridized carbons (Fsp3) is 0.857. The molecule has 0 aromatic heterocycles. The molecule has 1 rings (SSSR count). The SMILES string of the molecule is COC(=O)C(O)N1CCOCC1. The number of rotatable bonds is 2. The summed E-state index contributed by atoms with van der Waals surface area (Å²) in [7, 11) is 1.26. The van der Waals surface area contributed by atoms with E-state index in [1.165, 1.54) is 7.11 Å². The molecule has 1 atom stereocenters. The average molecular weight is 175 g/mol. The number of ether oxygens (including phenoxy) is 2. The minimum absolute atomic E-state index is 0.550. The van der Waals surface area contributed by atoms with Crippen LogP contribution in [0.5, 0.6) is 0 Å². The second-order valence-electron chi connectivity index (χ2n) is 2.55. The second kappa shape index (κ2) is 4.39. The van der Waals surface area contributed by atoms with Crippen molar-refractivity contribution in [1.29, 1.82) is 0 Å². The Balaban J connectivity index is 2.39. The van der Waals surface area contributed by atoms with Crippen molar-refractivity contribution in [2.45, 2.75) is 6.23 Å². The van der Waals surface area contributed by atoms with Crippen LogP contribution in [0.2, 0.25) is 0 Å². The standard InChI is InChI=1S/C7H13NO4/c1-11-7(10)6(9)8-2-4-12-5-3-8/h6,9H,2-5H2,1H3. The maximum Gasteiger partial charge on any atom is 0.350 e. The van der Waals surface area contributed by atoms with Crippen LogP contribution in [0.4, 0.5) is 0 Å². The molecule has 1 N–H and O–H groups in total. The van der Waals surface area contributed by atoms with Crippen molar-refractivity contribution in [3.05, 3.63) is 0 Å². The third kappa shape index (κ3) is 2.17. The molecule has 1 aliphatic rings. The Morgan fingerprint density at radius 2 is 2.17 bits per heavy atom. The molecule has 0 aromatic carbocycles. The lowest BCUT2D eigenvalue weighted by molar-refractivity contribution is -0.165. The molecule has 5 heteroatoms. The van der Waals surface area contributed by atoms with Crippen LogP contribution in [-0.2, 0) is 14.3 Å². The summed E-state index contributed by atoms with van der Waals surface area (Å²) < 4.78 is 9.45. The van der Waals surface area contributed by atoms with Gasteiger partial charge >= 0.3 is 5.97 Å². The van der Waals surface area contributed by atoms with Gasteiger partial charge in [0.05, 0.1) is 20.3 Å². The van der Waals surface area contributed by atoms with Crippen molar-refractivity contribution >= 4 is 5.97 Å². The molecule has 5 nitrogen and oxygen atoms in total. The normalized spacial score (nSPS) is 21.8. The molecule has 12 heavy (non-hydrogen) atoms. The van der Waals surface area contributed by atoms with E-state index < -0.39 is 12.2 Å². The lowest BCUT2D eigenvalue weighted by atomic mass is 10.4. The van der Waals surface area contributed by atoms with Crippen LogP contribution in [-0.4, -0.2) is 55.6 Å². The second-order valence-corrected chi connectivity index (χ2v) is 2.55. The molecule has 0 radical (unpaired) electrons. The number of aliphatic hydroxyl groups is 1. The topological polar surface area (TPSA) is 59.0 Å². The first kappa shape index (κ1) is 9.44. The molecule has 0 aromatic rings. The highest BCUT2D eigenvalue weighted by Crippen LogP contribution is 2.02. The summed E-state index contributed by atoms with van der Waals surface area (Å²) in [5.41, 5.74) is 0. The fourth-order valence-electron chi connectivity index (χ4n) is 1.08. The quantitative estimate of drug-likeness (QED) is 0.535. The van der Waals surface area contributed by atoms with Gasteiger partial charge in [-0.25, -0.2) is 4.79 Å². The summed E-state index contributed by atoms with van der Waals surface area (Å²) in [5, 5.41) is 9.34. The van der Waals surface area contributed by atoms with Gasteiger partial charge in [0.15, 0.2) is 0 Å². The largest absolute Gasteiger partial charge is 0.466 e. The first-order chi connectivity index (χ1) is 5.75. The minimum atomic E-state index is -1.14. The van der Waals surface area contributed by atoms with E-state index in [-0.39, 0.29) is 0 Å². The highest BCUT2D eigenvalue weighted by Gasteiger charge is 2.25. The monoisotopic (exact) mass is 175 g/mol. The fourth-order valence-corrected chi connectivity index (χ4v) is 1.08. The molecule has 1 heterocycles. The van der Waals surface area contributed by atoms with Gasteiger partial charge in [-0.2, -0.15) is 0 Å².